The molecule has 0 saturated heterocycles. The van der Waals surface area contributed by atoms with Gasteiger partial charge in [-0.2, -0.15) is 0 Å². The van der Waals surface area contributed by atoms with Crippen molar-refractivity contribution < 1.29 is 23.0 Å². The van der Waals surface area contributed by atoms with Crippen molar-refractivity contribution in [2.75, 3.05) is 0 Å². The third-order valence-corrected chi connectivity index (χ3v) is 4.58. The van der Waals surface area contributed by atoms with Crippen LogP contribution in [0.15, 0.2) is 36.4 Å². The number of nitrogens with two attached hydrogens (primary N) is 1. The van der Waals surface area contributed by atoms with Crippen LogP contribution in [-0.4, -0.2) is 11.5 Å². The van der Waals surface area contributed by atoms with Gasteiger partial charge in [-0.1, -0.05) is 53.7 Å². The summed E-state index contributed by atoms with van der Waals surface area (Å²) >= 11 is 0. The highest BCUT2D eigenvalue weighted by atomic mass is 19.4. The van der Waals surface area contributed by atoms with Crippen molar-refractivity contribution >= 4 is 0 Å². The van der Waals surface area contributed by atoms with Crippen LogP contribution in [0, 0.1) is 0 Å². The highest BCUT2D eigenvalue weighted by Crippen LogP contribution is 2.41. The summed E-state index contributed by atoms with van der Waals surface area (Å²) in [7, 11) is 0. The maximum atomic E-state index is 12.3. The first-order valence-electron chi connectivity index (χ1n) is 9.09. The summed E-state index contributed by atoms with van der Waals surface area (Å²) in [4.78, 5) is 0. The van der Waals surface area contributed by atoms with Crippen LogP contribution in [-0.2, 0) is 10.8 Å². The van der Waals surface area contributed by atoms with E-state index in [1.807, 2.05) is 53.7 Å². The summed E-state index contributed by atoms with van der Waals surface area (Å²) in [6.45, 7) is 12.0. The monoisotopic (exact) mass is 395 g/mol. The zero-order valence-electron chi connectivity index (χ0n) is 17.1. The van der Waals surface area contributed by atoms with Crippen molar-refractivity contribution in [1.82, 2.24) is 0 Å². The molecule has 0 aliphatic rings. The fourth-order valence-electron chi connectivity index (χ4n) is 3.05. The van der Waals surface area contributed by atoms with Crippen LogP contribution >= 0.6 is 0 Å². The quantitative estimate of drug-likeness (QED) is 0.677. The third kappa shape index (κ3) is 5.19. The van der Waals surface area contributed by atoms with Crippen molar-refractivity contribution in [2.45, 2.75) is 64.8 Å². The van der Waals surface area contributed by atoms with E-state index in [1.165, 1.54) is 24.3 Å². The largest absolute Gasteiger partial charge is 0.573 e. The van der Waals surface area contributed by atoms with Crippen LogP contribution in [0.1, 0.15) is 69.8 Å². The molecular formula is C22H28F3NO2. The van der Waals surface area contributed by atoms with E-state index < -0.39 is 12.4 Å². The van der Waals surface area contributed by atoms with Gasteiger partial charge >= 0.3 is 6.36 Å². The molecule has 0 amide bonds. The molecule has 0 saturated carbocycles. The van der Waals surface area contributed by atoms with Crippen LogP contribution in [0.2, 0.25) is 0 Å². The molecule has 1 atom stereocenters. The average molecular weight is 395 g/mol. The highest BCUT2D eigenvalue weighted by Gasteiger charge is 2.31. The zero-order valence-corrected chi connectivity index (χ0v) is 17.1. The third-order valence-electron chi connectivity index (χ3n) is 4.58. The summed E-state index contributed by atoms with van der Waals surface area (Å²) < 4.78 is 40.9. The normalized spacial score (nSPS) is 14.1. The second kappa shape index (κ2) is 7.32. The lowest BCUT2D eigenvalue weighted by Crippen LogP contribution is -2.20. The van der Waals surface area contributed by atoms with Crippen LogP contribution in [0.5, 0.6) is 11.5 Å². The average Bonchev–Trinajstić information content (AvgIpc) is 2.51. The molecule has 2 rings (SSSR count). The number of hydrogen-bond donors (Lipinski definition) is 2. The summed E-state index contributed by atoms with van der Waals surface area (Å²) in [5.41, 5.74) is 8.82. The van der Waals surface area contributed by atoms with Gasteiger partial charge in [-0.25, -0.2) is 0 Å². The predicted molar refractivity (Wildman–Crippen MR) is 105 cm³/mol. The molecule has 154 valence electrons. The van der Waals surface area contributed by atoms with E-state index in [9.17, 15) is 18.3 Å². The van der Waals surface area contributed by atoms with E-state index in [0.29, 0.717) is 5.56 Å². The van der Waals surface area contributed by atoms with Gasteiger partial charge in [0.05, 0.1) is 6.04 Å². The Morgan fingerprint density at radius 2 is 1.25 bits per heavy atom. The molecule has 6 heteroatoms. The fraction of sp³-hybridized carbons (Fsp3) is 0.455. The Bertz CT molecular complexity index is 794. The number of hydrogen-bond acceptors (Lipinski definition) is 3. The lowest BCUT2D eigenvalue weighted by atomic mass is 9.77. The first-order valence-corrected chi connectivity index (χ1v) is 9.09. The molecule has 0 fully saturated rings. The summed E-state index contributed by atoms with van der Waals surface area (Å²) in [6, 6.07) is 8.72. The van der Waals surface area contributed by atoms with Gasteiger partial charge in [0.15, 0.2) is 0 Å². The Balaban J connectivity index is 2.49. The Labute approximate surface area is 164 Å². The smallest absolute Gasteiger partial charge is 0.507 e. The minimum Gasteiger partial charge on any atom is -0.507 e. The Kier molecular flexibility index (Phi) is 5.77. The van der Waals surface area contributed by atoms with E-state index in [4.69, 9.17) is 5.73 Å². The molecule has 2 aromatic carbocycles. The molecule has 0 bridgehead atoms. The summed E-state index contributed by atoms with van der Waals surface area (Å²) in [5.74, 6) is -0.0372. The van der Waals surface area contributed by atoms with Crippen molar-refractivity contribution in [3.63, 3.8) is 0 Å². The molecule has 28 heavy (non-hydrogen) atoms. The Morgan fingerprint density at radius 1 is 0.821 bits per heavy atom. The molecule has 3 nitrogen and oxygen atoms in total. The van der Waals surface area contributed by atoms with Gasteiger partial charge in [-0.3, -0.25) is 0 Å². The maximum absolute atomic E-state index is 12.3. The number of ether oxygens (including phenoxy) is 1. The number of rotatable bonds is 3. The molecule has 0 aromatic heterocycles. The maximum Gasteiger partial charge on any atom is 0.573 e. The lowest BCUT2D eigenvalue weighted by molar-refractivity contribution is -0.274. The molecule has 0 aliphatic heterocycles. The molecule has 0 radical (unpaired) electrons. The van der Waals surface area contributed by atoms with E-state index in [-0.39, 0.29) is 22.3 Å². The standard InChI is InChI=1S/C22H28F3NO2/c1-20(2,3)16-11-14(12-17(19(16)27)21(4,5)6)18(26)13-7-9-15(10-8-13)28-22(23,24)25/h7-12,18,27H,26H2,1-6H3/t18-/m1/s1. The van der Waals surface area contributed by atoms with Gasteiger partial charge in [-0.05, 0) is 57.3 Å². The summed E-state index contributed by atoms with van der Waals surface area (Å²) in [5, 5.41) is 10.8. The highest BCUT2D eigenvalue weighted by molar-refractivity contribution is 5.52. The second-order valence-electron chi connectivity index (χ2n) is 9.06. The minimum atomic E-state index is -4.73. The van der Waals surface area contributed by atoms with Crippen LogP contribution in [0.3, 0.4) is 0 Å². The Morgan fingerprint density at radius 3 is 1.61 bits per heavy atom. The van der Waals surface area contributed by atoms with Crippen molar-refractivity contribution in [3.05, 3.63) is 58.7 Å². The Hall–Kier alpha value is -2.21. The number of phenolic OH excluding ortho intramolecular Hbond substituents is 1. The first kappa shape index (κ1) is 22.1. The molecular weight excluding hydrogens is 367 g/mol. The topological polar surface area (TPSA) is 55.5 Å². The van der Waals surface area contributed by atoms with E-state index in [1.54, 1.807) is 0 Å². The number of phenols is 1. The fourth-order valence-corrected chi connectivity index (χ4v) is 3.05. The first-order chi connectivity index (χ1) is 12.6. The van der Waals surface area contributed by atoms with Gasteiger partial charge < -0.3 is 15.6 Å². The van der Waals surface area contributed by atoms with Crippen LogP contribution in [0.4, 0.5) is 13.2 Å². The molecule has 0 aliphatic carbocycles. The SMILES string of the molecule is CC(C)(C)c1cc([C@H](N)c2ccc(OC(F)(F)F)cc2)cc(C(C)(C)C)c1O. The second-order valence-corrected chi connectivity index (χ2v) is 9.06. The van der Waals surface area contributed by atoms with E-state index >= 15 is 0 Å². The predicted octanol–water partition coefficient (Wildman–Crippen LogP) is 5.93. The molecule has 2 aromatic rings. The van der Waals surface area contributed by atoms with Crippen molar-refractivity contribution in [1.29, 1.82) is 0 Å². The van der Waals surface area contributed by atoms with Gasteiger partial charge in [0.25, 0.3) is 0 Å². The minimum absolute atomic E-state index is 0.255. The van der Waals surface area contributed by atoms with E-state index in [2.05, 4.69) is 4.74 Å². The van der Waals surface area contributed by atoms with Gasteiger partial charge in [0.1, 0.15) is 11.5 Å². The van der Waals surface area contributed by atoms with Gasteiger partial charge in [-0.15, -0.1) is 13.2 Å². The number of halogens is 3. The number of alkyl halides is 3. The molecule has 3 N–H and O–H groups in total. The molecule has 0 heterocycles. The van der Waals surface area contributed by atoms with Gasteiger partial charge in [0, 0.05) is 0 Å². The number of benzene rings is 2. The molecule has 0 spiro atoms. The van der Waals surface area contributed by atoms with Crippen LogP contribution in [0.25, 0.3) is 0 Å². The number of aromatic hydroxyl groups is 1. The van der Waals surface area contributed by atoms with Gasteiger partial charge in [0.2, 0.25) is 0 Å². The van der Waals surface area contributed by atoms with Crippen molar-refractivity contribution in [3.8, 4) is 11.5 Å². The van der Waals surface area contributed by atoms with Crippen LogP contribution < -0.4 is 10.5 Å². The lowest BCUT2D eigenvalue weighted by Gasteiger charge is -2.29. The zero-order chi connectivity index (χ0) is 21.5. The van der Waals surface area contributed by atoms with Crippen molar-refractivity contribution in [2.24, 2.45) is 5.73 Å². The molecule has 0 unspecified atom stereocenters. The van der Waals surface area contributed by atoms with E-state index in [0.717, 1.165) is 16.7 Å². The summed E-state index contributed by atoms with van der Waals surface area (Å²) in [6.07, 6.45) is -4.73.